The summed E-state index contributed by atoms with van der Waals surface area (Å²) in [6, 6.07) is 3.54. The lowest BCUT2D eigenvalue weighted by Crippen LogP contribution is -2.26. The first kappa shape index (κ1) is 15.7. The third-order valence-electron chi connectivity index (χ3n) is 2.99. The zero-order valence-corrected chi connectivity index (χ0v) is 13.7. The fourth-order valence-electron chi connectivity index (χ4n) is 1.71. The molecular weight excluding hydrogens is 340 g/mol. The summed E-state index contributed by atoms with van der Waals surface area (Å²) in [6.45, 7) is 2.26. The van der Waals surface area contributed by atoms with Crippen molar-refractivity contribution in [3.63, 3.8) is 0 Å². The largest absolute Gasteiger partial charge is 0.444 e. The van der Waals surface area contributed by atoms with Gasteiger partial charge in [0.15, 0.2) is 16.3 Å². The third-order valence-corrected chi connectivity index (χ3v) is 3.42. The van der Waals surface area contributed by atoms with E-state index < -0.39 is 0 Å². The highest BCUT2D eigenvalue weighted by atomic mass is 79.9. The molecule has 1 atom stereocenters. The molecule has 0 aliphatic heterocycles. The fraction of sp³-hybridized carbons (Fsp3) is 0.462. The van der Waals surface area contributed by atoms with Crippen LogP contribution in [0.2, 0.25) is 0 Å². The number of carbonyl (C=O) groups is 1. The van der Waals surface area contributed by atoms with Gasteiger partial charge in [-0.15, -0.1) is 0 Å². The maximum atomic E-state index is 12.1. The number of aromatic nitrogens is 2. The van der Waals surface area contributed by atoms with Crippen molar-refractivity contribution in [2.24, 2.45) is 0 Å². The number of amides is 1. The third kappa shape index (κ3) is 4.15. The predicted molar refractivity (Wildman–Crippen MR) is 78.7 cm³/mol. The van der Waals surface area contributed by atoms with E-state index in [-0.39, 0.29) is 24.3 Å². The van der Waals surface area contributed by atoms with Gasteiger partial charge in [-0.3, -0.25) is 4.79 Å². The van der Waals surface area contributed by atoms with Crippen molar-refractivity contribution in [2.75, 3.05) is 14.1 Å². The Kier molecular flexibility index (Phi) is 5.13. The first-order chi connectivity index (χ1) is 9.99. The van der Waals surface area contributed by atoms with Gasteiger partial charge in [0.1, 0.15) is 6.54 Å². The van der Waals surface area contributed by atoms with Crippen molar-refractivity contribution in [2.45, 2.75) is 25.9 Å². The highest BCUT2D eigenvalue weighted by molar-refractivity contribution is 9.10. The van der Waals surface area contributed by atoms with Gasteiger partial charge < -0.3 is 19.2 Å². The molecule has 2 aromatic heterocycles. The van der Waals surface area contributed by atoms with E-state index in [9.17, 15) is 4.79 Å². The average molecular weight is 357 g/mol. The molecule has 0 aromatic carbocycles. The van der Waals surface area contributed by atoms with Crippen molar-refractivity contribution < 1.29 is 13.7 Å². The zero-order valence-electron chi connectivity index (χ0n) is 12.1. The molecule has 0 fully saturated rings. The van der Waals surface area contributed by atoms with E-state index in [1.807, 2.05) is 14.0 Å². The molecule has 0 spiro atoms. The lowest BCUT2D eigenvalue weighted by molar-refractivity contribution is 0.0736. The second-order valence-electron chi connectivity index (χ2n) is 4.76. The van der Waals surface area contributed by atoms with Crippen LogP contribution < -0.4 is 5.32 Å². The van der Waals surface area contributed by atoms with Gasteiger partial charge in [0.25, 0.3) is 5.91 Å². The van der Waals surface area contributed by atoms with Crippen LogP contribution in [0.5, 0.6) is 0 Å². The first-order valence-corrected chi connectivity index (χ1v) is 7.28. The highest BCUT2D eigenvalue weighted by Crippen LogP contribution is 2.16. The quantitative estimate of drug-likeness (QED) is 0.849. The van der Waals surface area contributed by atoms with E-state index in [0.29, 0.717) is 22.8 Å². The number of hydrogen-bond acceptors (Lipinski definition) is 6. The molecule has 2 rings (SSSR count). The number of carbonyl (C=O) groups excluding carboxylic acids is 1. The predicted octanol–water partition coefficient (Wildman–Crippen LogP) is 1.85. The monoisotopic (exact) mass is 356 g/mol. The molecule has 7 nitrogen and oxygen atoms in total. The minimum absolute atomic E-state index is 0.234. The Morgan fingerprint density at radius 1 is 1.52 bits per heavy atom. The highest BCUT2D eigenvalue weighted by Gasteiger charge is 2.18. The molecular formula is C13H17BrN4O3. The van der Waals surface area contributed by atoms with Crippen molar-refractivity contribution in [1.82, 2.24) is 20.4 Å². The van der Waals surface area contributed by atoms with Gasteiger partial charge in [-0.2, -0.15) is 4.98 Å². The van der Waals surface area contributed by atoms with Gasteiger partial charge in [-0.05, 0) is 42.0 Å². The fourth-order valence-corrected chi connectivity index (χ4v) is 2.01. The number of nitrogens with zero attached hydrogens (tertiary/aromatic N) is 3. The van der Waals surface area contributed by atoms with Crippen LogP contribution in [0.1, 0.15) is 29.2 Å². The maximum absolute atomic E-state index is 12.1. The Balaban J connectivity index is 1.96. The molecule has 2 heterocycles. The summed E-state index contributed by atoms with van der Waals surface area (Å²) in [6.07, 6.45) is 0.669. The van der Waals surface area contributed by atoms with Crippen LogP contribution in [0.4, 0.5) is 0 Å². The van der Waals surface area contributed by atoms with Crippen molar-refractivity contribution in [3.05, 3.63) is 34.3 Å². The van der Waals surface area contributed by atoms with Crippen molar-refractivity contribution in [1.29, 1.82) is 0 Å². The second kappa shape index (κ2) is 6.86. The van der Waals surface area contributed by atoms with Gasteiger partial charge in [0.2, 0.25) is 5.89 Å². The molecule has 1 amide bonds. The summed E-state index contributed by atoms with van der Waals surface area (Å²) < 4.78 is 10.9. The van der Waals surface area contributed by atoms with Gasteiger partial charge in [-0.1, -0.05) is 5.16 Å². The molecule has 0 aliphatic carbocycles. The lowest BCUT2D eigenvalue weighted by Gasteiger charge is -2.12. The van der Waals surface area contributed by atoms with Crippen LogP contribution in [0.3, 0.4) is 0 Å². The normalized spacial score (nSPS) is 12.4. The molecule has 2 aromatic rings. The van der Waals surface area contributed by atoms with E-state index in [2.05, 4.69) is 31.4 Å². The number of furan rings is 1. The van der Waals surface area contributed by atoms with E-state index in [4.69, 9.17) is 8.94 Å². The number of halogens is 1. The summed E-state index contributed by atoms with van der Waals surface area (Å²) in [5.74, 6) is 1.03. The summed E-state index contributed by atoms with van der Waals surface area (Å²) in [5.41, 5.74) is 0. The molecule has 0 saturated heterocycles. The van der Waals surface area contributed by atoms with Crippen LogP contribution in [-0.2, 0) is 13.0 Å². The Morgan fingerprint density at radius 3 is 2.90 bits per heavy atom. The molecule has 1 N–H and O–H groups in total. The smallest absolute Gasteiger partial charge is 0.289 e. The first-order valence-electron chi connectivity index (χ1n) is 6.49. The van der Waals surface area contributed by atoms with Gasteiger partial charge in [0, 0.05) is 19.5 Å². The molecule has 21 heavy (non-hydrogen) atoms. The average Bonchev–Trinajstić information content (AvgIpc) is 3.07. The van der Waals surface area contributed by atoms with Crippen molar-refractivity contribution >= 4 is 21.8 Å². The van der Waals surface area contributed by atoms with Gasteiger partial charge in [0.05, 0.1) is 0 Å². The number of hydrogen-bond donors (Lipinski definition) is 1. The molecule has 0 aliphatic rings. The standard InChI is InChI=1S/C13H17BrN4O3/c1-8(15-2)6-11-16-12(21-17-11)7-18(3)13(19)9-4-5-10(14)20-9/h4-5,8,15H,6-7H2,1-3H3. The maximum Gasteiger partial charge on any atom is 0.289 e. The van der Waals surface area contributed by atoms with Crippen LogP contribution >= 0.6 is 15.9 Å². The summed E-state index contributed by atoms with van der Waals surface area (Å²) >= 11 is 3.17. The number of nitrogens with one attached hydrogen (secondary N) is 1. The summed E-state index contributed by atoms with van der Waals surface area (Å²) in [5, 5.41) is 7.00. The lowest BCUT2D eigenvalue weighted by atomic mass is 10.2. The Labute approximate surface area is 130 Å². The zero-order chi connectivity index (χ0) is 15.4. The summed E-state index contributed by atoms with van der Waals surface area (Å²) in [4.78, 5) is 17.8. The van der Waals surface area contributed by atoms with E-state index in [1.165, 1.54) is 4.90 Å². The van der Waals surface area contributed by atoms with E-state index in [0.717, 1.165) is 0 Å². The molecule has 0 saturated carbocycles. The van der Waals surface area contributed by atoms with Crippen molar-refractivity contribution in [3.8, 4) is 0 Å². The SMILES string of the molecule is CNC(C)Cc1noc(CN(C)C(=O)c2ccc(Br)o2)n1. The molecule has 0 radical (unpaired) electrons. The second-order valence-corrected chi connectivity index (χ2v) is 5.54. The van der Waals surface area contributed by atoms with Crippen LogP contribution in [0.25, 0.3) is 0 Å². The van der Waals surface area contributed by atoms with E-state index >= 15 is 0 Å². The minimum atomic E-state index is -0.246. The Morgan fingerprint density at radius 2 is 2.29 bits per heavy atom. The van der Waals surface area contributed by atoms with Gasteiger partial charge in [-0.25, -0.2) is 0 Å². The Hall–Kier alpha value is -1.67. The molecule has 1 unspecified atom stereocenters. The van der Waals surface area contributed by atoms with Crippen LogP contribution in [0, 0.1) is 0 Å². The number of rotatable bonds is 6. The van der Waals surface area contributed by atoms with E-state index in [1.54, 1.807) is 19.2 Å². The topological polar surface area (TPSA) is 84.4 Å². The Bertz CT molecular complexity index is 610. The number of likely N-dealkylation sites (N-methyl/N-ethyl adjacent to an activating group) is 1. The summed E-state index contributed by atoms with van der Waals surface area (Å²) in [7, 11) is 3.53. The molecule has 8 heteroatoms. The van der Waals surface area contributed by atoms with Crippen LogP contribution in [0.15, 0.2) is 25.7 Å². The van der Waals surface area contributed by atoms with Gasteiger partial charge >= 0.3 is 0 Å². The molecule has 114 valence electrons. The molecule has 0 bridgehead atoms. The van der Waals surface area contributed by atoms with Crippen LogP contribution in [-0.4, -0.2) is 41.1 Å². The minimum Gasteiger partial charge on any atom is -0.444 e.